The number of benzene rings is 2. The molecule has 138 valence electrons. The van der Waals surface area contributed by atoms with Gasteiger partial charge in [-0.1, -0.05) is 30.3 Å². The molecule has 0 atom stereocenters. The van der Waals surface area contributed by atoms with Crippen molar-refractivity contribution < 1.29 is 9.13 Å². The number of hydrogen-bond acceptors (Lipinski definition) is 5. The molecule has 0 aliphatic carbocycles. The Labute approximate surface area is 158 Å². The number of halogens is 1. The molecule has 0 saturated carbocycles. The van der Waals surface area contributed by atoms with Crippen LogP contribution in [-0.4, -0.2) is 41.0 Å². The maximum atomic E-state index is 13.0. The van der Waals surface area contributed by atoms with Crippen molar-refractivity contribution in [3.05, 3.63) is 78.2 Å². The number of rotatable bonds is 5. The normalized spacial score (nSPS) is 14.9. The van der Waals surface area contributed by atoms with Crippen LogP contribution in [0.3, 0.4) is 0 Å². The Morgan fingerprint density at radius 3 is 2.37 bits per heavy atom. The lowest BCUT2D eigenvalue weighted by molar-refractivity contribution is 0.248. The van der Waals surface area contributed by atoms with Gasteiger partial charge in [0.25, 0.3) is 0 Å². The molecule has 1 saturated heterocycles. The second-order valence-electron chi connectivity index (χ2n) is 6.50. The van der Waals surface area contributed by atoms with Crippen molar-refractivity contribution in [2.45, 2.75) is 6.54 Å². The third-order valence-corrected chi connectivity index (χ3v) is 4.56. The van der Waals surface area contributed by atoms with Crippen molar-refractivity contribution in [1.82, 2.24) is 14.9 Å². The van der Waals surface area contributed by atoms with Crippen LogP contribution < -0.4 is 9.64 Å². The van der Waals surface area contributed by atoms with Crippen LogP contribution in [0.5, 0.6) is 11.6 Å². The van der Waals surface area contributed by atoms with Crippen molar-refractivity contribution >= 4 is 5.95 Å². The van der Waals surface area contributed by atoms with E-state index in [2.05, 4.69) is 44.0 Å². The molecule has 1 aromatic heterocycles. The fourth-order valence-electron chi connectivity index (χ4n) is 3.11. The van der Waals surface area contributed by atoms with Gasteiger partial charge in [0.05, 0.1) is 0 Å². The van der Waals surface area contributed by atoms with Crippen LogP contribution >= 0.6 is 0 Å². The molecular formula is C21H21FN4O. The van der Waals surface area contributed by atoms with Gasteiger partial charge in [0.1, 0.15) is 11.6 Å². The van der Waals surface area contributed by atoms with E-state index in [1.807, 2.05) is 6.07 Å². The molecule has 4 rings (SSSR count). The largest absolute Gasteiger partial charge is 0.439 e. The Kier molecular flexibility index (Phi) is 5.25. The monoisotopic (exact) mass is 364 g/mol. The van der Waals surface area contributed by atoms with Crippen LogP contribution in [0.2, 0.25) is 0 Å². The fraction of sp³-hybridized carbons (Fsp3) is 0.238. The maximum Gasteiger partial charge on any atom is 0.228 e. The Hall–Kier alpha value is -2.99. The lowest BCUT2D eigenvalue weighted by Crippen LogP contribution is -2.46. The quantitative estimate of drug-likeness (QED) is 0.690. The zero-order chi connectivity index (χ0) is 18.5. The molecule has 6 heteroatoms. The smallest absolute Gasteiger partial charge is 0.228 e. The summed E-state index contributed by atoms with van der Waals surface area (Å²) in [4.78, 5) is 13.5. The van der Waals surface area contributed by atoms with Gasteiger partial charge in [-0.3, -0.25) is 4.90 Å². The number of anilines is 1. The van der Waals surface area contributed by atoms with Gasteiger partial charge < -0.3 is 9.64 Å². The first-order valence-electron chi connectivity index (χ1n) is 9.04. The highest BCUT2D eigenvalue weighted by Crippen LogP contribution is 2.21. The highest BCUT2D eigenvalue weighted by atomic mass is 19.1. The molecule has 2 aromatic carbocycles. The molecule has 0 spiro atoms. The number of aromatic nitrogens is 2. The Balaban J connectivity index is 1.36. The predicted molar refractivity (Wildman–Crippen MR) is 102 cm³/mol. The average Bonchev–Trinajstić information content (AvgIpc) is 2.71. The van der Waals surface area contributed by atoms with Crippen molar-refractivity contribution in [3.63, 3.8) is 0 Å². The standard InChI is InChI=1S/C21H21FN4O/c22-18-6-8-19(9-7-18)27-20-10-11-23-21(24-20)26-14-12-25(13-15-26)16-17-4-2-1-3-5-17/h1-11H,12-16H2. The van der Waals surface area contributed by atoms with E-state index in [-0.39, 0.29) is 5.82 Å². The average molecular weight is 364 g/mol. The minimum atomic E-state index is -0.292. The highest BCUT2D eigenvalue weighted by molar-refractivity contribution is 5.35. The van der Waals surface area contributed by atoms with Crippen LogP contribution in [0.15, 0.2) is 66.9 Å². The number of piperazine rings is 1. The van der Waals surface area contributed by atoms with Crippen LogP contribution in [0.4, 0.5) is 10.3 Å². The summed E-state index contributed by atoms with van der Waals surface area (Å²) in [5, 5.41) is 0. The van der Waals surface area contributed by atoms with E-state index in [0.29, 0.717) is 17.6 Å². The first-order chi connectivity index (χ1) is 13.3. The van der Waals surface area contributed by atoms with Gasteiger partial charge in [0.2, 0.25) is 11.8 Å². The molecule has 1 fully saturated rings. The van der Waals surface area contributed by atoms with Gasteiger partial charge in [-0.25, -0.2) is 9.37 Å². The minimum Gasteiger partial charge on any atom is -0.439 e. The zero-order valence-electron chi connectivity index (χ0n) is 15.0. The molecule has 0 amide bonds. The third kappa shape index (κ3) is 4.60. The van der Waals surface area contributed by atoms with Gasteiger partial charge in [-0.2, -0.15) is 4.98 Å². The molecular weight excluding hydrogens is 343 g/mol. The van der Waals surface area contributed by atoms with Crippen LogP contribution in [0.25, 0.3) is 0 Å². The van der Waals surface area contributed by atoms with E-state index in [9.17, 15) is 4.39 Å². The molecule has 0 bridgehead atoms. The van der Waals surface area contributed by atoms with Crippen molar-refractivity contribution in [3.8, 4) is 11.6 Å². The van der Waals surface area contributed by atoms with Crippen molar-refractivity contribution in [2.75, 3.05) is 31.1 Å². The molecule has 2 heterocycles. The van der Waals surface area contributed by atoms with Gasteiger partial charge in [-0.15, -0.1) is 0 Å². The van der Waals surface area contributed by atoms with E-state index < -0.39 is 0 Å². The summed E-state index contributed by atoms with van der Waals surface area (Å²) in [6.07, 6.45) is 1.69. The number of hydrogen-bond donors (Lipinski definition) is 0. The molecule has 1 aliphatic rings. The van der Waals surface area contributed by atoms with Gasteiger partial charge in [0, 0.05) is 45.0 Å². The first-order valence-corrected chi connectivity index (χ1v) is 9.04. The van der Waals surface area contributed by atoms with Crippen LogP contribution in [-0.2, 0) is 6.54 Å². The van der Waals surface area contributed by atoms with E-state index >= 15 is 0 Å². The highest BCUT2D eigenvalue weighted by Gasteiger charge is 2.19. The lowest BCUT2D eigenvalue weighted by atomic mass is 10.2. The maximum absolute atomic E-state index is 13.0. The SMILES string of the molecule is Fc1ccc(Oc2ccnc(N3CCN(Cc4ccccc4)CC3)n2)cc1. The van der Waals surface area contributed by atoms with Gasteiger partial charge in [-0.05, 0) is 29.8 Å². The molecule has 27 heavy (non-hydrogen) atoms. The Morgan fingerprint density at radius 1 is 0.889 bits per heavy atom. The molecule has 0 radical (unpaired) electrons. The second-order valence-corrected chi connectivity index (χ2v) is 6.50. The Morgan fingerprint density at radius 2 is 1.63 bits per heavy atom. The fourth-order valence-corrected chi connectivity index (χ4v) is 3.11. The van der Waals surface area contributed by atoms with Crippen LogP contribution in [0, 0.1) is 5.82 Å². The summed E-state index contributed by atoms with van der Waals surface area (Å²) in [6.45, 7) is 4.62. The van der Waals surface area contributed by atoms with E-state index in [1.165, 1.54) is 17.7 Å². The predicted octanol–water partition coefficient (Wildman–Crippen LogP) is 3.73. The zero-order valence-corrected chi connectivity index (χ0v) is 15.0. The van der Waals surface area contributed by atoms with Gasteiger partial charge in [0.15, 0.2) is 0 Å². The first kappa shape index (κ1) is 17.4. The second kappa shape index (κ2) is 8.14. The van der Waals surface area contributed by atoms with Crippen molar-refractivity contribution in [2.24, 2.45) is 0 Å². The summed E-state index contributed by atoms with van der Waals surface area (Å²) >= 11 is 0. The molecule has 0 unspecified atom stereocenters. The minimum absolute atomic E-state index is 0.292. The third-order valence-electron chi connectivity index (χ3n) is 4.56. The number of ether oxygens (including phenoxy) is 1. The van der Waals surface area contributed by atoms with E-state index in [0.717, 1.165) is 32.7 Å². The summed E-state index contributed by atoms with van der Waals surface area (Å²) in [5.74, 6) is 1.38. The molecule has 5 nitrogen and oxygen atoms in total. The summed E-state index contributed by atoms with van der Waals surface area (Å²) in [5.41, 5.74) is 1.33. The van der Waals surface area contributed by atoms with Crippen molar-refractivity contribution in [1.29, 1.82) is 0 Å². The number of nitrogens with zero attached hydrogens (tertiary/aromatic N) is 4. The van der Waals surface area contributed by atoms with Gasteiger partial charge >= 0.3 is 0 Å². The molecule has 1 aliphatic heterocycles. The molecule has 0 N–H and O–H groups in total. The topological polar surface area (TPSA) is 41.5 Å². The van der Waals surface area contributed by atoms with E-state index in [1.54, 1.807) is 24.4 Å². The van der Waals surface area contributed by atoms with Crippen LogP contribution in [0.1, 0.15) is 5.56 Å². The molecule has 3 aromatic rings. The van der Waals surface area contributed by atoms with E-state index in [4.69, 9.17) is 4.74 Å². The Bertz CT molecular complexity index is 865. The summed E-state index contributed by atoms with van der Waals surface area (Å²) < 4.78 is 18.7. The lowest BCUT2D eigenvalue weighted by Gasteiger charge is -2.34. The summed E-state index contributed by atoms with van der Waals surface area (Å²) in [6, 6.07) is 18.1. The summed E-state index contributed by atoms with van der Waals surface area (Å²) in [7, 11) is 0.